The number of aromatic carboxylic acids is 1. The Hall–Kier alpha value is -1.36. The predicted octanol–water partition coefficient (Wildman–Crippen LogP) is 1.48. The van der Waals surface area contributed by atoms with Crippen LogP contribution in [0.3, 0.4) is 0 Å². The lowest BCUT2D eigenvalue weighted by molar-refractivity contribution is 0.0385. The predicted molar refractivity (Wildman–Crippen MR) is 57.7 cm³/mol. The topological polar surface area (TPSA) is 75.2 Å². The fourth-order valence-corrected chi connectivity index (χ4v) is 2.08. The highest BCUT2D eigenvalue weighted by atomic mass is 16.5. The fraction of sp³-hybridized carbons (Fsp3) is 0.636. The van der Waals surface area contributed by atoms with Gasteiger partial charge in [-0.1, -0.05) is 6.92 Å². The van der Waals surface area contributed by atoms with E-state index >= 15 is 0 Å². The van der Waals surface area contributed by atoms with Crippen LogP contribution in [0.25, 0.3) is 0 Å². The third-order valence-corrected chi connectivity index (χ3v) is 3.10. The summed E-state index contributed by atoms with van der Waals surface area (Å²) in [4.78, 5) is 18.1. The number of imidazole rings is 1. The number of hydrogen-bond donors (Lipinski definition) is 2. The van der Waals surface area contributed by atoms with Crippen molar-refractivity contribution in [2.75, 3.05) is 13.2 Å². The Kier molecular flexibility index (Phi) is 2.71. The van der Waals surface area contributed by atoms with E-state index in [1.165, 1.54) is 0 Å². The van der Waals surface area contributed by atoms with Gasteiger partial charge in [-0.25, -0.2) is 9.78 Å². The molecule has 2 N–H and O–H groups in total. The smallest absolute Gasteiger partial charge is 0.356 e. The van der Waals surface area contributed by atoms with Crippen LogP contribution in [0.15, 0.2) is 0 Å². The van der Waals surface area contributed by atoms with Gasteiger partial charge in [-0.15, -0.1) is 0 Å². The van der Waals surface area contributed by atoms with E-state index in [1.807, 2.05) is 0 Å². The van der Waals surface area contributed by atoms with Crippen molar-refractivity contribution >= 4 is 5.97 Å². The van der Waals surface area contributed by atoms with Crippen LogP contribution in [0.4, 0.5) is 0 Å². The summed E-state index contributed by atoms with van der Waals surface area (Å²) >= 11 is 0. The Morgan fingerprint density at radius 1 is 1.62 bits per heavy atom. The quantitative estimate of drug-likeness (QED) is 0.798. The van der Waals surface area contributed by atoms with E-state index in [9.17, 15) is 4.79 Å². The number of nitrogens with one attached hydrogen (secondary N) is 1. The van der Waals surface area contributed by atoms with Gasteiger partial charge in [0.1, 0.15) is 5.82 Å². The van der Waals surface area contributed by atoms with Gasteiger partial charge in [0.15, 0.2) is 5.69 Å². The molecule has 1 aromatic rings. The lowest BCUT2D eigenvalue weighted by atomic mass is 9.84. The van der Waals surface area contributed by atoms with Gasteiger partial charge in [0, 0.05) is 17.7 Å². The van der Waals surface area contributed by atoms with Crippen LogP contribution in [-0.2, 0) is 10.2 Å². The van der Waals surface area contributed by atoms with Crippen LogP contribution >= 0.6 is 0 Å². The number of ether oxygens (including phenoxy) is 1. The summed E-state index contributed by atoms with van der Waals surface area (Å²) in [5.41, 5.74) is 0.535. The molecule has 1 aliphatic heterocycles. The molecular formula is C11H16N2O3. The zero-order valence-electron chi connectivity index (χ0n) is 9.54. The van der Waals surface area contributed by atoms with Crippen molar-refractivity contribution in [3.8, 4) is 0 Å². The SMILES string of the molecule is Cc1[nH]c(C2(C)CCCOC2)nc1C(=O)O. The summed E-state index contributed by atoms with van der Waals surface area (Å²) in [6.45, 7) is 5.16. The molecule has 1 saturated heterocycles. The number of carboxylic acid groups (broad SMARTS) is 1. The molecule has 0 amide bonds. The molecule has 0 saturated carbocycles. The van der Waals surface area contributed by atoms with E-state index in [-0.39, 0.29) is 11.1 Å². The Morgan fingerprint density at radius 3 is 2.88 bits per heavy atom. The number of rotatable bonds is 2. The van der Waals surface area contributed by atoms with E-state index in [1.54, 1.807) is 6.92 Å². The van der Waals surface area contributed by atoms with Gasteiger partial charge in [-0.05, 0) is 19.8 Å². The molecule has 1 unspecified atom stereocenters. The van der Waals surface area contributed by atoms with Crippen LogP contribution in [0, 0.1) is 6.92 Å². The summed E-state index contributed by atoms with van der Waals surface area (Å²) < 4.78 is 5.44. The van der Waals surface area contributed by atoms with Gasteiger partial charge in [-0.3, -0.25) is 0 Å². The number of nitrogens with zero attached hydrogens (tertiary/aromatic N) is 1. The van der Waals surface area contributed by atoms with E-state index in [2.05, 4.69) is 16.9 Å². The Labute approximate surface area is 93.8 Å². The number of aromatic amines is 1. The summed E-state index contributed by atoms with van der Waals surface area (Å²) in [5, 5.41) is 8.95. The van der Waals surface area contributed by atoms with Crippen molar-refractivity contribution in [3.63, 3.8) is 0 Å². The second-order valence-corrected chi connectivity index (χ2v) is 4.58. The van der Waals surface area contributed by atoms with Gasteiger partial charge in [0.2, 0.25) is 0 Å². The molecule has 1 atom stereocenters. The first-order valence-corrected chi connectivity index (χ1v) is 5.41. The first-order chi connectivity index (χ1) is 7.53. The molecule has 1 aliphatic rings. The summed E-state index contributed by atoms with van der Waals surface area (Å²) in [6, 6.07) is 0. The third kappa shape index (κ3) is 1.82. The monoisotopic (exact) mass is 224 g/mol. The minimum absolute atomic E-state index is 0.113. The van der Waals surface area contributed by atoms with Crippen molar-refractivity contribution < 1.29 is 14.6 Å². The number of aryl methyl sites for hydroxylation is 1. The van der Waals surface area contributed by atoms with Crippen LogP contribution < -0.4 is 0 Å². The Balaban J connectivity index is 2.33. The molecule has 2 heterocycles. The average Bonchev–Trinajstić information content (AvgIpc) is 2.62. The summed E-state index contributed by atoms with van der Waals surface area (Å²) in [7, 11) is 0. The van der Waals surface area contributed by atoms with Crippen LogP contribution in [0.2, 0.25) is 0 Å². The lowest BCUT2D eigenvalue weighted by Crippen LogP contribution is -2.34. The van der Waals surface area contributed by atoms with Crippen LogP contribution in [-0.4, -0.2) is 34.3 Å². The van der Waals surface area contributed by atoms with Gasteiger partial charge < -0.3 is 14.8 Å². The molecule has 16 heavy (non-hydrogen) atoms. The van der Waals surface area contributed by atoms with Gasteiger partial charge in [-0.2, -0.15) is 0 Å². The number of carbonyl (C=O) groups is 1. The van der Waals surface area contributed by atoms with Crippen LogP contribution in [0.5, 0.6) is 0 Å². The first-order valence-electron chi connectivity index (χ1n) is 5.41. The van der Waals surface area contributed by atoms with Crippen molar-refractivity contribution in [2.24, 2.45) is 0 Å². The highest BCUT2D eigenvalue weighted by Gasteiger charge is 2.33. The van der Waals surface area contributed by atoms with Gasteiger partial charge in [0.25, 0.3) is 0 Å². The first kappa shape index (κ1) is 11.1. The zero-order valence-corrected chi connectivity index (χ0v) is 9.54. The maximum Gasteiger partial charge on any atom is 0.356 e. The number of hydrogen-bond acceptors (Lipinski definition) is 3. The number of H-pyrrole nitrogens is 1. The van der Waals surface area contributed by atoms with E-state index in [0.29, 0.717) is 12.3 Å². The lowest BCUT2D eigenvalue weighted by Gasteiger charge is -2.31. The van der Waals surface area contributed by atoms with Crippen molar-refractivity contribution in [3.05, 3.63) is 17.2 Å². The molecule has 5 heteroatoms. The van der Waals surface area contributed by atoms with Crippen molar-refractivity contribution in [1.82, 2.24) is 9.97 Å². The molecule has 0 bridgehead atoms. The number of carboxylic acids is 1. The molecule has 1 fully saturated rings. The maximum absolute atomic E-state index is 10.9. The molecule has 0 radical (unpaired) electrons. The molecule has 0 spiro atoms. The molecule has 2 rings (SSSR count). The standard InChI is InChI=1S/C11H16N2O3/c1-7-8(9(14)15)13-10(12-7)11(2)4-3-5-16-6-11/h3-6H2,1-2H3,(H,12,13)(H,14,15). The molecule has 1 aromatic heterocycles. The van der Waals surface area contributed by atoms with E-state index in [4.69, 9.17) is 9.84 Å². The molecule has 88 valence electrons. The van der Waals surface area contributed by atoms with Gasteiger partial charge in [0.05, 0.1) is 6.61 Å². The second kappa shape index (κ2) is 3.90. The largest absolute Gasteiger partial charge is 0.476 e. The third-order valence-electron chi connectivity index (χ3n) is 3.10. The molecule has 5 nitrogen and oxygen atoms in total. The Bertz CT molecular complexity index is 405. The molecular weight excluding hydrogens is 208 g/mol. The van der Waals surface area contributed by atoms with Crippen molar-refractivity contribution in [1.29, 1.82) is 0 Å². The van der Waals surface area contributed by atoms with E-state index in [0.717, 1.165) is 25.3 Å². The maximum atomic E-state index is 10.9. The fourth-order valence-electron chi connectivity index (χ4n) is 2.08. The number of aromatic nitrogens is 2. The molecule has 0 aromatic carbocycles. The highest BCUT2D eigenvalue weighted by molar-refractivity contribution is 5.86. The normalized spacial score (nSPS) is 25.6. The van der Waals surface area contributed by atoms with Gasteiger partial charge >= 0.3 is 5.97 Å². The Morgan fingerprint density at radius 2 is 2.38 bits per heavy atom. The van der Waals surface area contributed by atoms with E-state index < -0.39 is 5.97 Å². The molecule has 0 aliphatic carbocycles. The minimum Gasteiger partial charge on any atom is -0.476 e. The summed E-state index contributed by atoms with van der Waals surface area (Å²) in [5.74, 6) is -0.262. The second-order valence-electron chi connectivity index (χ2n) is 4.58. The summed E-state index contributed by atoms with van der Waals surface area (Å²) in [6.07, 6.45) is 1.96. The average molecular weight is 224 g/mol. The highest BCUT2D eigenvalue weighted by Crippen LogP contribution is 2.31. The van der Waals surface area contributed by atoms with Crippen molar-refractivity contribution in [2.45, 2.75) is 32.1 Å². The minimum atomic E-state index is -0.986. The van der Waals surface area contributed by atoms with Crippen LogP contribution in [0.1, 0.15) is 41.8 Å². The zero-order chi connectivity index (χ0) is 11.8.